The molecular weight excluding hydrogens is 888 g/mol. The minimum Gasteiger partial charge on any atom is -0.756 e. The summed E-state index contributed by atoms with van der Waals surface area (Å²) in [5.41, 5.74) is 0. The number of aliphatic hydroxyl groups is 1. The Labute approximate surface area is 436 Å². The fourth-order valence-corrected chi connectivity index (χ4v) is 10.1. The van der Waals surface area contributed by atoms with Gasteiger partial charge in [-0.15, -0.1) is 0 Å². The fourth-order valence-electron chi connectivity index (χ4n) is 9.33. The maximum atomic E-state index is 13.0. The second-order valence-corrected chi connectivity index (χ2v) is 23.8. The summed E-state index contributed by atoms with van der Waals surface area (Å²) in [6, 6.07) is -0.883. The van der Waals surface area contributed by atoms with Gasteiger partial charge in [0.05, 0.1) is 39.9 Å². The number of amides is 1. The lowest BCUT2D eigenvalue weighted by atomic mass is 10.0. The smallest absolute Gasteiger partial charge is 0.268 e. The van der Waals surface area contributed by atoms with E-state index in [1.165, 1.54) is 250 Å². The molecule has 2 N–H and O–H groups in total. The molecule has 0 aromatic rings. The highest BCUT2D eigenvalue weighted by Crippen LogP contribution is 2.38. The number of unbranched alkanes of at least 4 members (excludes halogenated alkanes) is 42. The predicted octanol–water partition coefficient (Wildman–Crippen LogP) is 18.1. The number of phosphoric acid groups is 1. The molecule has 416 valence electrons. The van der Waals surface area contributed by atoms with Crippen LogP contribution in [0.5, 0.6) is 0 Å². The van der Waals surface area contributed by atoms with Gasteiger partial charge in [0, 0.05) is 6.42 Å². The Hall–Kier alpha value is -1.02. The van der Waals surface area contributed by atoms with Crippen molar-refractivity contribution in [3.05, 3.63) is 24.3 Å². The molecule has 0 aliphatic heterocycles. The standard InChI is InChI=1S/C61H121N2O6P/c1-6-8-10-12-14-16-18-20-22-23-24-25-26-27-28-29-30-31-32-33-34-35-36-37-38-39-41-43-45-47-49-51-53-55-61(65)62-59(58-69-70(66,67)68-57-56-63(3,4)5)60(64)54-52-50-48-46-44-42-40-21-19-17-15-13-11-9-7-2/h27-28,52,54,59-60,64H,6-26,29-51,53,55-58H2,1-5H3,(H-,62,65,66,67)/b28-27-,54-52+. The molecule has 1 amide bonds. The number of hydrogen-bond donors (Lipinski definition) is 2. The summed E-state index contributed by atoms with van der Waals surface area (Å²) in [7, 11) is 1.27. The molecule has 0 bridgehead atoms. The molecule has 3 atom stereocenters. The van der Waals surface area contributed by atoms with Crippen molar-refractivity contribution < 1.29 is 32.9 Å². The first-order valence-corrected chi connectivity index (χ1v) is 32.2. The van der Waals surface area contributed by atoms with E-state index in [-0.39, 0.29) is 19.1 Å². The first-order chi connectivity index (χ1) is 34.0. The van der Waals surface area contributed by atoms with Gasteiger partial charge in [-0.2, -0.15) is 0 Å². The monoisotopic (exact) mass is 1010 g/mol. The van der Waals surface area contributed by atoms with Crippen molar-refractivity contribution in [1.29, 1.82) is 0 Å². The molecule has 0 heterocycles. The second-order valence-electron chi connectivity index (χ2n) is 22.4. The molecular formula is C61H121N2O6P. The minimum absolute atomic E-state index is 0.00136. The SMILES string of the molecule is CCCCCCCCCCCCCC/C=C\CCCCCCCCCCCCCCCCCCCC(=O)NC(COP(=O)([O-])OCC[N+](C)(C)C)C(O)/C=C/CCCCCCCCCCCCCCC. The number of aliphatic hydroxyl groups excluding tert-OH is 1. The van der Waals surface area contributed by atoms with Crippen LogP contribution in [0.4, 0.5) is 0 Å². The number of allylic oxidation sites excluding steroid dienone is 3. The summed E-state index contributed by atoms with van der Waals surface area (Å²) in [6.07, 6.45) is 67.0. The quantitative estimate of drug-likeness (QED) is 0.0272. The lowest BCUT2D eigenvalue weighted by Crippen LogP contribution is -2.45. The molecule has 70 heavy (non-hydrogen) atoms. The number of nitrogens with zero attached hydrogens (tertiary/aromatic N) is 1. The molecule has 0 rings (SSSR count). The number of likely N-dealkylation sites (N-methyl/N-ethyl adjacent to an activating group) is 1. The van der Waals surface area contributed by atoms with E-state index in [1.54, 1.807) is 6.08 Å². The average Bonchev–Trinajstić information content (AvgIpc) is 3.32. The van der Waals surface area contributed by atoms with Crippen LogP contribution in [0.3, 0.4) is 0 Å². The van der Waals surface area contributed by atoms with Crippen LogP contribution in [0.2, 0.25) is 0 Å². The number of carbonyl (C=O) groups excluding carboxylic acids is 1. The largest absolute Gasteiger partial charge is 0.756 e. The van der Waals surface area contributed by atoms with Gasteiger partial charge in [-0.1, -0.05) is 282 Å². The lowest BCUT2D eigenvalue weighted by Gasteiger charge is -2.29. The third kappa shape index (κ3) is 54.7. The van der Waals surface area contributed by atoms with Crippen LogP contribution in [-0.2, 0) is 18.4 Å². The van der Waals surface area contributed by atoms with Crippen molar-refractivity contribution in [2.45, 2.75) is 321 Å². The third-order valence-electron chi connectivity index (χ3n) is 14.2. The van der Waals surface area contributed by atoms with E-state index >= 15 is 0 Å². The van der Waals surface area contributed by atoms with E-state index in [0.717, 1.165) is 38.5 Å². The molecule has 0 saturated heterocycles. The molecule has 0 aliphatic carbocycles. The zero-order chi connectivity index (χ0) is 51.3. The topological polar surface area (TPSA) is 108 Å². The minimum atomic E-state index is -4.59. The van der Waals surface area contributed by atoms with Crippen LogP contribution in [0.15, 0.2) is 24.3 Å². The molecule has 9 heteroatoms. The van der Waals surface area contributed by atoms with E-state index in [4.69, 9.17) is 9.05 Å². The summed E-state index contributed by atoms with van der Waals surface area (Å²) in [5, 5.41) is 13.9. The van der Waals surface area contributed by atoms with Crippen molar-refractivity contribution in [2.75, 3.05) is 40.9 Å². The van der Waals surface area contributed by atoms with Crippen molar-refractivity contribution >= 4 is 13.7 Å². The Morgan fingerprint density at radius 2 is 0.786 bits per heavy atom. The first-order valence-electron chi connectivity index (χ1n) is 30.7. The van der Waals surface area contributed by atoms with Crippen LogP contribution < -0.4 is 10.2 Å². The van der Waals surface area contributed by atoms with E-state index in [9.17, 15) is 19.4 Å². The maximum absolute atomic E-state index is 13.0. The van der Waals surface area contributed by atoms with Crippen molar-refractivity contribution in [3.63, 3.8) is 0 Å². The average molecular weight is 1010 g/mol. The number of hydrogen-bond acceptors (Lipinski definition) is 6. The van der Waals surface area contributed by atoms with Crippen LogP contribution >= 0.6 is 7.82 Å². The van der Waals surface area contributed by atoms with Gasteiger partial charge in [0.1, 0.15) is 13.2 Å². The van der Waals surface area contributed by atoms with Crippen LogP contribution in [-0.4, -0.2) is 68.5 Å². The van der Waals surface area contributed by atoms with E-state index < -0.39 is 20.0 Å². The highest BCUT2D eigenvalue weighted by Gasteiger charge is 2.23. The van der Waals surface area contributed by atoms with Gasteiger partial charge >= 0.3 is 0 Å². The second kappa shape index (κ2) is 52.8. The van der Waals surface area contributed by atoms with Gasteiger partial charge in [-0.05, 0) is 44.9 Å². The van der Waals surface area contributed by atoms with E-state index in [1.807, 2.05) is 27.2 Å². The highest BCUT2D eigenvalue weighted by molar-refractivity contribution is 7.45. The van der Waals surface area contributed by atoms with Gasteiger partial charge in [-0.25, -0.2) is 0 Å². The predicted molar refractivity (Wildman–Crippen MR) is 302 cm³/mol. The summed E-state index contributed by atoms with van der Waals surface area (Å²) in [5.74, 6) is -0.192. The van der Waals surface area contributed by atoms with Gasteiger partial charge in [0.25, 0.3) is 7.82 Å². The Bertz CT molecular complexity index is 1190. The van der Waals surface area contributed by atoms with Crippen molar-refractivity contribution in [1.82, 2.24) is 5.32 Å². The number of nitrogens with one attached hydrogen (secondary N) is 1. The zero-order valence-corrected chi connectivity index (χ0v) is 48.4. The Kier molecular flexibility index (Phi) is 52.1. The lowest BCUT2D eigenvalue weighted by molar-refractivity contribution is -0.870. The molecule has 3 unspecified atom stereocenters. The highest BCUT2D eigenvalue weighted by atomic mass is 31.2. The molecule has 8 nitrogen and oxygen atoms in total. The third-order valence-corrected chi connectivity index (χ3v) is 15.1. The molecule has 0 fully saturated rings. The molecule has 0 aromatic carbocycles. The fraction of sp³-hybridized carbons (Fsp3) is 0.918. The van der Waals surface area contributed by atoms with Crippen molar-refractivity contribution in [3.8, 4) is 0 Å². The van der Waals surface area contributed by atoms with Gasteiger partial charge in [-0.3, -0.25) is 9.36 Å². The normalized spacial score (nSPS) is 14.0. The van der Waals surface area contributed by atoms with Crippen LogP contribution in [0, 0.1) is 0 Å². The Balaban J connectivity index is 4.00. The van der Waals surface area contributed by atoms with Gasteiger partial charge in [0.2, 0.25) is 5.91 Å². The van der Waals surface area contributed by atoms with E-state index in [2.05, 4.69) is 31.3 Å². The Morgan fingerprint density at radius 3 is 1.11 bits per heavy atom. The number of phosphoric ester groups is 1. The van der Waals surface area contributed by atoms with Gasteiger partial charge in [0.15, 0.2) is 0 Å². The first kappa shape index (κ1) is 69.0. The summed E-state index contributed by atoms with van der Waals surface area (Å²) >= 11 is 0. The molecule has 0 saturated carbocycles. The van der Waals surface area contributed by atoms with Crippen LogP contribution in [0.1, 0.15) is 309 Å². The number of rotatable bonds is 57. The van der Waals surface area contributed by atoms with Gasteiger partial charge < -0.3 is 28.8 Å². The number of quaternary nitrogens is 1. The summed E-state index contributed by atoms with van der Waals surface area (Å²) < 4.78 is 23.3. The van der Waals surface area contributed by atoms with Crippen molar-refractivity contribution in [2.24, 2.45) is 0 Å². The summed E-state index contributed by atoms with van der Waals surface area (Å²) in [4.78, 5) is 25.5. The molecule has 0 spiro atoms. The molecule has 0 radical (unpaired) electrons. The number of carbonyl (C=O) groups is 1. The zero-order valence-electron chi connectivity index (χ0n) is 47.5. The van der Waals surface area contributed by atoms with Crippen LogP contribution in [0.25, 0.3) is 0 Å². The molecule has 0 aromatic heterocycles. The Morgan fingerprint density at radius 1 is 0.486 bits per heavy atom. The summed E-state index contributed by atoms with van der Waals surface area (Å²) in [6.45, 7) is 4.69. The maximum Gasteiger partial charge on any atom is 0.268 e. The molecule has 0 aliphatic rings. The van der Waals surface area contributed by atoms with E-state index in [0.29, 0.717) is 17.4 Å².